The second-order valence-corrected chi connectivity index (χ2v) is 6.07. The van der Waals surface area contributed by atoms with E-state index in [2.05, 4.69) is 36.4 Å². The number of hydrogen-bond acceptors (Lipinski definition) is 4. The summed E-state index contributed by atoms with van der Waals surface area (Å²) in [5, 5.41) is 0. The van der Waals surface area contributed by atoms with Crippen molar-refractivity contribution in [3.63, 3.8) is 0 Å². The maximum Gasteiger partial charge on any atom is 0.118 e. The van der Waals surface area contributed by atoms with E-state index in [1.54, 1.807) is 21.3 Å². The van der Waals surface area contributed by atoms with Crippen LogP contribution in [0.3, 0.4) is 0 Å². The van der Waals surface area contributed by atoms with Gasteiger partial charge >= 0.3 is 0 Å². The van der Waals surface area contributed by atoms with Crippen molar-refractivity contribution in [1.82, 2.24) is 0 Å². The van der Waals surface area contributed by atoms with E-state index in [1.165, 1.54) is 22.6 Å². The van der Waals surface area contributed by atoms with Crippen LogP contribution in [-0.4, -0.2) is 41.2 Å². The third-order valence-corrected chi connectivity index (χ3v) is 4.25. The molecule has 0 atom stereocenters. The number of methoxy groups -OCH3 is 3. The Morgan fingerprint density at radius 2 is 1.58 bits per heavy atom. The molecule has 0 unspecified atom stereocenters. The van der Waals surface area contributed by atoms with Crippen molar-refractivity contribution in [2.45, 2.75) is 19.4 Å². The highest BCUT2D eigenvalue weighted by atomic mass is 16.5. The zero-order valence-corrected chi connectivity index (χ0v) is 16.0. The first-order chi connectivity index (χ1) is 12.8. The van der Waals surface area contributed by atoms with E-state index in [9.17, 15) is 0 Å². The van der Waals surface area contributed by atoms with Crippen LogP contribution in [0.4, 0.5) is 0 Å². The van der Waals surface area contributed by atoms with E-state index in [0.29, 0.717) is 26.4 Å². The first-order valence-corrected chi connectivity index (χ1v) is 8.90. The van der Waals surface area contributed by atoms with Gasteiger partial charge in [0.25, 0.3) is 0 Å². The highest BCUT2D eigenvalue weighted by Crippen LogP contribution is 2.28. The molecule has 2 rings (SSSR count). The molecule has 0 aliphatic heterocycles. The van der Waals surface area contributed by atoms with Gasteiger partial charge < -0.3 is 18.9 Å². The Bertz CT molecular complexity index is 624. The molecule has 141 valence electrons. The van der Waals surface area contributed by atoms with Gasteiger partial charge in [0.15, 0.2) is 0 Å². The van der Waals surface area contributed by atoms with E-state index in [-0.39, 0.29) is 0 Å². The van der Waals surface area contributed by atoms with E-state index < -0.39 is 0 Å². The Kier molecular flexibility index (Phi) is 9.18. The summed E-state index contributed by atoms with van der Waals surface area (Å²) in [5.74, 6) is 2.22. The number of hydrogen-bond donors (Lipinski definition) is 0. The van der Waals surface area contributed by atoms with Crippen LogP contribution in [0.25, 0.3) is 0 Å². The highest BCUT2D eigenvalue weighted by molar-refractivity contribution is 5.41. The minimum atomic E-state index is 0.604. The van der Waals surface area contributed by atoms with Gasteiger partial charge in [0.05, 0.1) is 26.9 Å². The number of rotatable bonds is 12. The second kappa shape index (κ2) is 11.7. The molecule has 0 amide bonds. The van der Waals surface area contributed by atoms with Gasteiger partial charge in [-0.15, -0.1) is 0 Å². The lowest BCUT2D eigenvalue weighted by Crippen LogP contribution is -2.12. The Balaban J connectivity index is 2.12. The minimum absolute atomic E-state index is 0.604. The molecule has 0 N–H and O–H groups in total. The fourth-order valence-corrected chi connectivity index (χ4v) is 2.89. The standard InChI is InChI=1S/C22H29O4/c1-23-14-15-26-13-12-19(16-18-8-10-21(25-3)11-9-18)22-7-5-4-6-20(22)17-24-2/h4-11H,12-17H2,1-3H3. The number of benzene rings is 2. The van der Waals surface area contributed by atoms with Gasteiger partial charge in [-0.25, -0.2) is 0 Å². The summed E-state index contributed by atoms with van der Waals surface area (Å²) in [6.45, 7) is 2.52. The van der Waals surface area contributed by atoms with Crippen molar-refractivity contribution in [2.75, 3.05) is 41.2 Å². The van der Waals surface area contributed by atoms with Crippen molar-refractivity contribution >= 4 is 0 Å². The molecule has 26 heavy (non-hydrogen) atoms. The topological polar surface area (TPSA) is 36.9 Å². The molecular weight excluding hydrogens is 328 g/mol. The van der Waals surface area contributed by atoms with Gasteiger partial charge in [-0.1, -0.05) is 36.4 Å². The molecule has 0 heterocycles. The zero-order valence-electron chi connectivity index (χ0n) is 16.0. The van der Waals surface area contributed by atoms with Crippen LogP contribution >= 0.6 is 0 Å². The molecular formula is C22H29O4. The van der Waals surface area contributed by atoms with Gasteiger partial charge in [0.1, 0.15) is 5.75 Å². The molecule has 4 heteroatoms. The maximum absolute atomic E-state index is 5.70. The first-order valence-electron chi connectivity index (χ1n) is 8.90. The van der Waals surface area contributed by atoms with Gasteiger partial charge in [0.2, 0.25) is 0 Å². The fourth-order valence-electron chi connectivity index (χ4n) is 2.89. The predicted molar refractivity (Wildman–Crippen MR) is 104 cm³/mol. The molecule has 0 saturated heterocycles. The van der Waals surface area contributed by atoms with Crippen LogP contribution in [0.15, 0.2) is 48.5 Å². The average Bonchev–Trinajstić information content (AvgIpc) is 2.68. The molecule has 0 aromatic heterocycles. The zero-order chi connectivity index (χ0) is 18.6. The van der Waals surface area contributed by atoms with Crippen molar-refractivity contribution in [2.24, 2.45) is 0 Å². The molecule has 2 aromatic rings. The largest absolute Gasteiger partial charge is 0.497 e. The Labute approximate surface area is 157 Å². The molecule has 0 spiro atoms. The Hall–Kier alpha value is -1.88. The second-order valence-electron chi connectivity index (χ2n) is 6.07. The van der Waals surface area contributed by atoms with Crippen LogP contribution < -0.4 is 4.74 Å². The SMILES string of the molecule is COCCOCC[C](Cc1ccc(OC)cc1)c1ccccc1COC. The molecule has 1 radical (unpaired) electrons. The van der Waals surface area contributed by atoms with Crippen LogP contribution in [0.5, 0.6) is 5.75 Å². The summed E-state index contributed by atoms with van der Waals surface area (Å²) in [4.78, 5) is 0. The predicted octanol–water partition coefficient (Wildman–Crippen LogP) is 4.06. The van der Waals surface area contributed by atoms with Crippen molar-refractivity contribution in [3.05, 3.63) is 71.1 Å². The fraction of sp³-hybridized carbons (Fsp3) is 0.409. The van der Waals surface area contributed by atoms with Gasteiger partial charge in [0, 0.05) is 26.7 Å². The lowest BCUT2D eigenvalue weighted by atomic mass is 9.86. The number of ether oxygens (including phenoxy) is 4. The molecule has 2 aromatic carbocycles. The van der Waals surface area contributed by atoms with E-state index in [4.69, 9.17) is 18.9 Å². The maximum atomic E-state index is 5.70. The van der Waals surface area contributed by atoms with E-state index in [1.807, 2.05) is 12.1 Å². The van der Waals surface area contributed by atoms with E-state index >= 15 is 0 Å². The lowest BCUT2D eigenvalue weighted by Gasteiger charge is -2.20. The summed E-state index contributed by atoms with van der Waals surface area (Å²) in [6, 6.07) is 16.7. The summed E-state index contributed by atoms with van der Waals surface area (Å²) >= 11 is 0. The monoisotopic (exact) mass is 357 g/mol. The first kappa shape index (κ1) is 20.4. The Morgan fingerprint density at radius 3 is 2.27 bits per heavy atom. The quantitative estimate of drug-likeness (QED) is 0.537. The summed E-state index contributed by atoms with van der Waals surface area (Å²) < 4.78 is 21.4. The molecule has 0 aliphatic rings. The van der Waals surface area contributed by atoms with Gasteiger partial charge in [-0.3, -0.25) is 0 Å². The van der Waals surface area contributed by atoms with Crippen molar-refractivity contribution < 1.29 is 18.9 Å². The molecule has 0 fully saturated rings. The average molecular weight is 357 g/mol. The smallest absolute Gasteiger partial charge is 0.118 e. The molecule has 4 nitrogen and oxygen atoms in total. The summed E-state index contributed by atoms with van der Waals surface area (Å²) in [6.07, 6.45) is 1.74. The van der Waals surface area contributed by atoms with Crippen molar-refractivity contribution in [3.8, 4) is 5.75 Å². The van der Waals surface area contributed by atoms with Crippen LogP contribution in [0.2, 0.25) is 0 Å². The van der Waals surface area contributed by atoms with Crippen LogP contribution in [0.1, 0.15) is 23.1 Å². The lowest BCUT2D eigenvalue weighted by molar-refractivity contribution is 0.0707. The third kappa shape index (κ3) is 6.45. The van der Waals surface area contributed by atoms with Crippen LogP contribution in [-0.2, 0) is 27.2 Å². The van der Waals surface area contributed by atoms with E-state index in [0.717, 1.165) is 18.6 Å². The third-order valence-electron chi connectivity index (χ3n) is 4.25. The summed E-state index contributed by atoms with van der Waals surface area (Å²) in [5.41, 5.74) is 3.71. The summed E-state index contributed by atoms with van der Waals surface area (Å²) in [7, 11) is 5.10. The van der Waals surface area contributed by atoms with Gasteiger partial charge in [-0.2, -0.15) is 0 Å². The normalized spacial score (nSPS) is 11.1. The highest BCUT2D eigenvalue weighted by Gasteiger charge is 2.17. The van der Waals surface area contributed by atoms with Gasteiger partial charge in [-0.05, 0) is 41.7 Å². The Morgan fingerprint density at radius 1 is 0.808 bits per heavy atom. The van der Waals surface area contributed by atoms with Crippen LogP contribution in [0, 0.1) is 5.92 Å². The molecule has 0 bridgehead atoms. The minimum Gasteiger partial charge on any atom is -0.497 e. The molecule has 0 saturated carbocycles. The van der Waals surface area contributed by atoms with Crippen molar-refractivity contribution in [1.29, 1.82) is 0 Å². The molecule has 0 aliphatic carbocycles.